The van der Waals surface area contributed by atoms with Gasteiger partial charge in [-0.1, -0.05) is 39.0 Å². The molecule has 2 aromatic rings. The fraction of sp³-hybridized carbons (Fsp3) is 0.500. The molecule has 5 nitrogen and oxygen atoms in total. The number of carbonyl (C=O) groups excluding carboxylic acids is 1. The van der Waals surface area contributed by atoms with Gasteiger partial charge in [-0.25, -0.2) is 4.98 Å². The molecule has 0 bridgehead atoms. The highest BCUT2D eigenvalue weighted by Gasteiger charge is 2.23. The Morgan fingerprint density at radius 2 is 2.12 bits per heavy atom. The molecule has 0 spiro atoms. The summed E-state index contributed by atoms with van der Waals surface area (Å²) < 4.78 is 4.38. The van der Waals surface area contributed by atoms with Crippen molar-refractivity contribution in [1.82, 2.24) is 9.36 Å². The van der Waals surface area contributed by atoms with E-state index in [2.05, 4.69) is 41.5 Å². The average molecular weight is 344 g/mol. The van der Waals surface area contributed by atoms with Crippen LogP contribution < -0.4 is 10.2 Å². The molecule has 1 aromatic carbocycles. The normalized spacial score (nSPS) is 13.9. The van der Waals surface area contributed by atoms with Crippen LogP contribution in [0.2, 0.25) is 0 Å². The summed E-state index contributed by atoms with van der Waals surface area (Å²) in [6.07, 6.45) is 2.30. The summed E-state index contributed by atoms with van der Waals surface area (Å²) in [6.45, 7) is 7.85. The maximum Gasteiger partial charge on any atom is 0.227 e. The number of benzene rings is 1. The molecule has 0 atom stereocenters. The van der Waals surface area contributed by atoms with Gasteiger partial charge in [-0.3, -0.25) is 4.79 Å². The lowest BCUT2D eigenvalue weighted by atomic mass is 9.96. The van der Waals surface area contributed by atoms with E-state index in [0.29, 0.717) is 6.42 Å². The number of para-hydroxylation sites is 1. The van der Waals surface area contributed by atoms with E-state index in [1.165, 1.54) is 17.1 Å². The van der Waals surface area contributed by atoms with E-state index in [9.17, 15) is 4.79 Å². The highest BCUT2D eigenvalue weighted by Crippen LogP contribution is 2.28. The van der Waals surface area contributed by atoms with Crippen LogP contribution in [0.1, 0.15) is 45.0 Å². The van der Waals surface area contributed by atoms with Gasteiger partial charge in [0, 0.05) is 42.1 Å². The van der Waals surface area contributed by atoms with Crippen LogP contribution in [-0.2, 0) is 16.6 Å². The molecule has 6 heteroatoms. The minimum Gasteiger partial charge on any atom is -0.360 e. The molecule has 2 heterocycles. The van der Waals surface area contributed by atoms with Gasteiger partial charge in [-0.2, -0.15) is 4.37 Å². The fourth-order valence-corrected chi connectivity index (χ4v) is 3.55. The molecule has 24 heavy (non-hydrogen) atoms. The summed E-state index contributed by atoms with van der Waals surface area (Å²) in [5.41, 5.74) is 2.32. The predicted molar refractivity (Wildman–Crippen MR) is 98.8 cm³/mol. The van der Waals surface area contributed by atoms with E-state index in [1.807, 2.05) is 23.1 Å². The van der Waals surface area contributed by atoms with Crippen molar-refractivity contribution in [2.24, 2.45) is 0 Å². The summed E-state index contributed by atoms with van der Waals surface area (Å²) >= 11 is 1.38. The Labute approximate surface area is 147 Å². The smallest absolute Gasteiger partial charge is 0.227 e. The molecular weight excluding hydrogens is 320 g/mol. The Kier molecular flexibility index (Phi) is 4.85. The molecule has 0 saturated heterocycles. The van der Waals surface area contributed by atoms with Crippen molar-refractivity contribution in [3.05, 3.63) is 35.7 Å². The monoisotopic (exact) mass is 344 g/mol. The number of nitrogens with one attached hydrogen (secondary N) is 1. The Balaban J connectivity index is 1.46. The van der Waals surface area contributed by atoms with Gasteiger partial charge in [0.05, 0.1) is 0 Å². The molecule has 128 valence electrons. The minimum atomic E-state index is -0.0322. The number of amides is 1. The maximum absolute atomic E-state index is 12.4. The van der Waals surface area contributed by atoms with Crippen molar-refractivity contribution in [3.63, 3.8) is 0 Å². The number of hydrogen-bond acceptors (Lipinski definition) is 5. The number of carbonyl (C=O) groups is 1. The van der Waals surface area contributed by atoms with Gasteiger partial charge >= 0.3 is 0 Å². The standard InChI is InChI=1S/C18H24N4OS/c1-18(2,3)16-20-17(24-21-16)19-11-6-9-15(23)22-12-10-13-7-4-5-8-14(13)22/h4-5,7-8H,6,9-12H2,1-3H3,(H,19,20,21). The van der Waals surface area contributed by atoms with Crippen LogP contribution in [0.25, 0.3) is 0 Å². The number of rotatable bonds is 5. The van der Waals surface area contributed by atoms with E-state index in [1.54, 1.807) is 0 Å². The van der Waals surface area contributed by atoms with E-state index < -0.39 is 0 Å². The second kappa shape index (κ2) is 6.89. The lowest BCUT2D eigenvalue weighted by molar-refractivity contribution is -0.118. The van der Waals surface area contributed by atoms with Crippen LogP contribution in [0.3, 0.4) is 0 Å². The molecule has 0 saturated carbocycles. The molecule has 0 radical (unpaired) electrons. The quantitative estimate of drug-likeness (QED) is 0.842. The number of fused-ring (bicyclic) bond motifs is 1. The molecule has 0 fully saturated rings. The van der Waals surface area contributed by atoms with Crippen molar-refractivity contribution in [2.75, 3.05) is 23.3 Å². The molecule has 1 aromatic heterocycles. The zero-order valence-electron chi connectivity index (χ0n) is 14.5. The lowest BCUT2D eigenvalue weighted by Crippen LogP contribution is -2.29. The SMILES string of the molecule is CC(C)(C)c1nsc(NCCCC(=O)N2CCc3ccccc32)n1. The van der Waals surface area contributed by atoms with Crippen LogP contribution in [0.4, 0.5) is 10.8 Å². The molecule has 3 rings (SSSR count). The van der Waals surface area contributed by atoms with Gasteiger partial charge in [-0.15, -0.1) is 0 Å². The van der Waals surface area contributed by atoms with Crippen LogP contribution in [0, 0.1) is 0 Å². The van der Waals surface area contributed by atoms with Crippen LogP contribution in [0.15, 0.2) is 24.3 Å². The molecule has 1 amide bonds. The average Bonchev–Trinajstić information content (AvgIpc) is 3.17. The molecular formula is C18H24N4OS. The zero-order valence-corrected chi connectivity index (χ0v) is 15.3. The summed E-state index contributed by atoms with van der Waals surface area (Å²) in [7, 11) is 0. The number of hydrogen-bond donors (Lipinski definition) is 1. The highest BCUT2D eigenvalue weighted by molar-refractivity contribution is 7.09. The number of aromatic nitrogens is 2. The van der Waals surface area contributed by atoms with Gasteiger partial charge in [0.25, 0.3) is 0 Å². The predicted octanol–water partition coefficient (Wildman–Crippen LogP) is 3.62. The Morgan fingerprint density at radius 3 is 2.88 bits per heavy atom. The van der Waals surface area contributed by atoms with Crippen molar-refractivity contribution in [3.8, 4) is 0 Å². The second-order valence-corrected chi connectivity index (χ2v) is 7.88. The van der Waals surface area contributed by atoms with Gasteiger partial charge in [0.2, 0.25) is 11.0 Å². The first-order valence-corrected chi connectivity index (χ1v) is 9.19. The van der Waals surface area contributed by atoms with E-state index in [0.717, 1.165) is 42.6 Å². The number of nitrogens with zero attached hydrogens (tertiary/aromatic N) is 3. The third-order valence-corrected chi connectivity index (χ3v) is 4.80. The van der Waals surface area contributed by atoms with E-state index in [4.69, 9.17) is 0 Å². The summed E-state index contributed by atoms with van der Waals surface area (Å²) in [4.78, 5) is 18.8. The van der Waals surface area contributed by atoms with Crippen LogP contribution >= 0.6 is 11.5 Å². The minimum absolute atomic E-state index is 0.0322. The van der Waals surface area contributed by atoms with Crippen molar-refractivity contribution >= 4 is 28.3 Å². The molecule has 1 aliphatic rings. The summed E-state index contributed by atoms with van der Waals surface area (Å²) in [6, 6.07) is 8.17. The van der Waals surface area contributed by atoms with Gasteiger partial charge in [-0.05, 0) is 24.5 Å². The summed E-state index contributed by atoms with van der Waals surface area (Å²) in [5.74, 6) is 1.06. The number of anilines is 2. The first-order chi connectivity index (χ1) is 11.4. The van der Waals surface area contributed by atoms with Gasteiger partial charge in [0.15, 0.2) is 0 Å². The Hall–Kier alpha value is -1.95. The van der Waals surface area contributed by atoms with Crippen molar-refractivity contribution in [2.45, 2.75) is 45.4 Å². The van der Waals surface area contributed by atoms with Gasteiger partial charge in [0.1, 0.15) is 5.82 Å². The highest BCUT2D eigenvalue weighted by atomic mass is 32.1. The molecule has 0 unspecified atom stereocenters. The molecule has 1 N–H and O–H groups in total. The van der Waals surface area contributed by atoms with Crippen LogP contribution in [0.5, 0.6) is 0 Å². The van der Waals surface area contributed by atoms with Gasteiger partial charge < -0.3 is 10.2 Å². The first-order valence-electron chi connectivity index (χ1n) is 8.41. The summed E-state index contributed by atoms with van der Waals surface area (Å²) in [5, 5.41) is 4.11. The molecule has 1 aliphatic heterocycles. The topological polar surface area (TPSA) is 58.1 Å². The van der Waals surface area contributed by atoms with Crippen molar-refractivity contribution in [1.29, 1.82) is 0 Å². The second-order valence-electron chi connectivity index (χ2n) is 7.13. The third kappa shape index (κ3) is 3.75. The first kappa shape index (κ1) is 16.9. The fourth-order valence-electron chi connectivity index (χ4n) is 2.77. The van der Waals surface area contributed by atoms with E-state index >= 15 is 0 Å². The van der Waals surface area contributed by atoms with Crippen molar-refractivity contribution < 1.29 is 4.79 Å². The largest absolute Gasteiger partial charge is 0.360 e. The maximum atomic E-state index is 12.4. The third-order valence-electron chi connectivity index (χ3n) is 4.13. The van der Waals surface area contributed by atoms with E-state index in [-0.39, 0.29) is 11.3 Å². The zero-order chi connectivity index (χ0) is 17.2. The van der Waals surface area contributed by atoms with Crippen LogP contribution in [-0.4, -0.2) is 28.4 Å². The molecule has 0 aliphatic carbocycles. The lowest BCUT2D eigenvalue weighted by Gasteiger charge is -2.17. The Bertz CT molecular complexity index is 720. The Morgan fingerprint density at radius 1 is 1.33 bits per heavy atom.